The first kappa shape index (κ1) is 6.79. The lowest BCUT2D eigenvalue weighted by molar-refractivity contribution is -0.115. The van der Waals surface area contributed by atoms with Crippen LogP contribution in [0.15, 0.2) is 11.1 Å². The van der Waals surface area contributed by atoms with Crippen LogP contribution in [-0.4, -0.2) is 18.1 Å². The highest BCUT2D eigenvalue weighted by Crippen LogP contribution is 1.66. The molecule has 0 saturated carbocycles. The first-order valence-corrected chi connectivity index (χ1v) is 2.01. The minimum atomic E-state index is -0.323. The van der Waals surface area contributed by atoms with E-state index in [0.717, 1.165) is 12.3 Å². The number of carbonyl (C=O) groups is 1. The fraction of sp³-hybridized carbons (Fsp3) is 0.200. The van der Waals surface area contributed by atoms with E-state index >= 15 is 0 Å². The van der Waals surface area contributed by atoms with Crippen molar-refractivity contribution in [3.05, 3.63) is 6.08 Å². The van der Waals surface area contributed by atoms with Crippen LogP contribution in [0.1, 0.15) is 6.92 Å². The van der Waals surface area contributed by atoms with E-state index in [9.17, 15) is 9.59 Å². The van der Waals surface area contributed by atoms with E-state index in [0.29, 0.717) is 0 Å². The zero-order valence-corrected chi connectivity index (χ0v) is 4.42. The molecule has 0 atom stereocenters. The SMILES string of the molecule is CC(=O)N=CC=C=O. The second kappa shape index (κ2) is 3.96. The number of aliphatic imine (C=N–C) groups is 1. The van der Waals surface area contributed by atoms with Crippen molar-refractivity contribution in [2.24, 2.45) is 4.99 Å². The standard InChI is InChI=1S/C5H5NO2/c1-5(8)6-3-2-4-7/h2-3H,1H3. The Morgan fingerprint density at radius 1 is 1.75 bits per heavy atom. The molecule has 3 nitrogen and oxygen atoms in total. The molecule has 0 aromatic rings. The molecule has 0 aliphatic carbocycles. The number of allylic oxidation sites excluding steroid dienone is 1. The lowest BCUT2D eigenvalue weighted by Crippen LogP contribution is -1.80. The molecule has 0 heterocycles. The Balaban J connectivity index is 3.67. The number of amides is 1. The monoisotopic (exact) mass is 111 g/mol. The molecule has 0 N–H and O–H groups in total. The average Bonchev–Trinajstić information content (AvgIpc) is 1.66. The van der Waals surface area contributed by atoms with Crippen LogP contribution in [-0.2, 0) is 9.59 Å². The summed E-state index contributed by atoms with van der Waals surface area (Å²) in [4.78, 5) is 22.6. The Bertz CT molecular complexity index is 150. The fourth-order valence-corrected chi connectivity index (χ4v) is 0.173. The largest absolute Gasteiger partial charge is 0.273 e. The molecule has 0 fully saturated rings. The normalized spacial score (nSPS) is 8.62. The van der Waals surface area contributed by atoms with Crippen LogP contribution in [0, 0.1) is 0 Å². The fourth-order valence-electron chi connectivity index (χ4n) is 0.173. The van der Waals surface area contributed by atoms with Gasteiger partial charge >= 0.3 is 0 Å². The van der Waals surface area contributed by atoms with Crippen LogP contribution in [0.25, 0.3) is 0 Å². The van der Waals surface area contributed by atoms with Gasteiger partial charge in [-0.05, 0) is 0 Å². The Kier molecular flexibility index (Phi) is 3.36. The third-order valence-electron chi connectivity index (χ3n) is 0.399. The van der Waals surface area contributed by atoms with Crippen molar-refractivity contribution in [3.63, 3.8) is 0 Å². The predicted molar refractivity (Wildman–Crippen MR) is 29.4 cm³/mol. The highest BCUT2D eigenvalue weighted by molar-refractivity contribution is 5.90. The molecule has 0 rings (SSSR count). The number of nitrogens with zero attached hydrogens (tertiary/aromatic N) is 1. The summed E-state index contributed by atoms with van der Waals surface area (Å²) in [6.07, 6.45) is 2.14. The van der Waals surface area contributed by atoms with E-state index in [4.69, 9.17) is 0 Å². The van der Waals surface area contributed by atoms with Gasteiger partial charge in [0.2, 0.25) is 5.91 Å². The lowest BCUT2D eigenvalue weighted by atomic mass is 10.6. The maximum absolute atomic E-state index is 9.97. The van der Waals surface area contributed by atoms with Crippen LogP contribution >= 0.6 is 0 Å². The number of hydrogen-bond acceptors (Lipinski definition) is 2. The molecular weight excluding hydrogens is 106 g/mol. The Labute approximate surface area is 46.7 Å². The highest BCUT2D eigenvalue weighted by atomic mass is 16.1. The van der Waals surface area contributed by atoms with E-state index in [-0.39, 0.29) is 5.91 Å². The molecule has 3 heteroatoms. The number of carbonyl (C=O) groups excluding carboxylic acids is 2. The van der Waals surface area contributed by atoms with Gasteiger partial charge in [0.05, 0.1) is 0 Å². The Morgan fingerprint density at radius 3 is 2.75 bits per heavy atom. The number of rotatable bonds is 1. The second-order valence-corrected chi connectivity index (χ2v) is 1.08. The van der Waals surface area contributed by atoms with Gasteiger partial charge in [0.25, 0.3) is 0 Å². The summed E-state index contributed by atoms with van der Waals surface area (Å²) in [6.45, 7) is 1.30. The van der Waals surface area contributed by atoms with Crippen molar-refractivity contribution in [2.75, 3.05) is 0 Å². The van der Waals surface area contributed by atoms with E-state index in [1.165, 1.54) is 12.9 Å². The molecule has 0 aromatic carbocycles. The van der Waals surface area contributed by atoms with Gasteiger partial charge in [-0.1, -0.05) is 0 Å². The average molecular weight is 111 g/mol. The third kappa shape index (κ3) is 4.79. The number of hydrogen-bond donors (Lipinski definition) is 0. The molecule has 0 unspecified atom stereocenters. The van der Waals surface area contributed by atoms with Crippen LogP contribution in [0.5, 0.6) is 0 Å². The van der Waals surface area contributed by atoms with E-state index < -0.39 is 0 Å². The molecule has 0 bridgehead atoms. The van der Waals surface area contributed by atoms with E-state index in [1.54, 1.807) is 0 Å². The van der Waals surface area contributed by atoms with Crippen molar-refractivity contribution in [2.45, 2.75) is 6.92 Å². The maximum atomic E-state index is 9.97. The molecule has 42 valence electrons. The van der Waals surface area contributed by atoms with Gasteiger partial charge in [0.15, 0.2) is 0 Å². The van der Waals surface area contributed by atoms with Gasteiger partial charge in [-0.15, -0.1) is 0 Å². The topological polar surface area (TPSA) is 46.5 Å². The minimum Gasteiger partial charge on any atom is -0.273 e. The summed E-state index contributed by atoms with van der Waals surface area (Å²) in [5.41, 5.74) is 0. The predicted octanol–water partition coefficient (Wildman–Crippen LogP) is -0.00850. The van der Waals surface area contributed by atoms with Gasteiger partial charge < -0.3 is 0 Å². The first-order chi connectivity index (χ1) is 3.77. The van der Waals surface area contributed by atoms with Crippen molar-refractivity contribution in [1.29, 1.82) is 0 Å². The van der Waals surface area contributed by atoms with Crippen LogP contribution in [0.3, 0.4) is 0 Å². The Hall–Kier alpha value is -1.21. The molecule has 0 aromatic heterocycles. The molecule has 1 amide bonds. The molecule has 0 saturated heterocycles. The van der Waals surface area contributed by atoms with Gasteiger partial charge in [0, 0.05) is 19.2 Å². The first-order valence-electron chi connectivity index (χ1n) is 2.01. The van der Waals surface area contributed by atoms with Crippen molar-refractivity contribution in [1.82, 2.24) is 0 Å². The second-order valence-electron chi connectivity index (χ2n) is 1.08. The summed E-state index contributed by atoms with van der Waals surface area (Å²) in [6, 6.07) is 0. The van der Waals surface area contributed by atoms with Gasteiger partial charge in [-0.25, -0.2) is 9.79 Å². The van der Waals surface area contributed by atoms with E-state index in [2.05, 4.69) is 4.99 Å². The molecule has 0 radical (unpaired) electrons. The highest BCUT2D eigenvalue weighted by Gasteiger charge is 1.75. The smallest absolute Gasteiger partial charge is 0.242 e. The molecule has 0 aliphatic rings. The zero-order chi connectivity index (χ0) is 6.41. The van der Waals surface area contributed by atoms with E-state index in [1.807, 2.05) is 0 Å². The quantitative estimate of drug-likeness (QED) is 0.353. The van der Waals surface area contributed by atoms with Crippen molar-refractivity contribution >= 4 is 18.1 Å². The van der Waals surface area contributed by atoms with Gasteiger partial charge in [0.1, 0.15) is 5.94 Å². The van der Waals surface area contributed by atoms with Gasteiger partial charge in [-0.3, -0.25) is 4.79 Å². The van der Waals surface area contributed by atoms with Crippen LogP contribution < -0.4 is 0 Å². The summed E-state index contributed by atoms with van der Waals surface area (Å²) < 4.78 is 0. The maximum Gasteiger partial charge on any atom is 0.242 e. The molecule has 0 spiro atoms. The molecule has 8 heavy (non-hydrogen) atoms. The third-order valence-corrected chi connectivity index (χ3v) is 0.399. The molecule has 0 aliphatic heterocycles. The zero-order valence-electron chi connectivity index (χ0n) is 4.42. The van der Waals surface area contributed by atoms with Crippen molar-refractivity contribution in [3.8, 4) is 0 Å². The lowest BCUT2D eigenvalue weighted by Gasteiger charge is -1.70. The summed E-state index contributed by atoms with van der Waals surface area (Å²) in [5.74, 6) is 1.12. The minimum absolute atomic E-state index is 0.323. The van der Waals surface area contributed by atoms with Crippen molar-refractivity contribution < 1.29 is 9.59 Å². The summed E-state index contributed by atoms with van der Waals surface area (Å²) >= 11 is 0. The van der Waals surface area contributed by atoms with Crippen LogP contribution in [0.2, 0.25) is 0 Å². The summed E-state index contributed by atoms with van der Waals surface area (Å²) in [5, 5.41) is 0. The van der Waals surface area contributed by atoms with Gasteiger partial charge in [-0.2, -0.15) is 0 Å². The summed E-state index contributed by atoms with van der Waals surface area (Å²) in [7, 11) is 0. The van der Waals surface area contributed by atoms with Crippen LogP contribution in [0.4, 0.5) is 0 Å². The Morgan fingerprint density at radius 2 is 2.38 bits per heavy atom. The molecular formula is C5H5NO2.